The van der Waals surface area contributed by atoms with Crippen LogP contribution in [0.25, 0.3) is 0 Å². The highest BCUT2D eigenvalue weighted by molar-refractivity contribution is 14.0. The zero-order valence-electron chi connectivity index (χ0n) is 15.4. The molecular weight excluding hydrogens is 441 g/mol. The van der Waals surface area contributed by atoms with Gasteiger partial charge in [-0.3, -0.25) is 9.67 Å². The molecule has 0 aliphatic carbocycles. The van der Waals surface area contributed by atoms with E-state index >= 15 is 0 Å². The molecule has 0 saturated carbocycles. The van der Waals surface area contributed by atoms with Crippen molar-refractivity contribution in [1.29, 1.82) is 0 Å². The average molecular weight is 471 g/mol. The van der Waals surface area contributed by atoms with Crippen molar-refractivity contribution >= 4 is 39.8 Å². The number of hydrogen-bond donors (Lipinski definition) is 2. The molecule has 140 valence electrons. The summed E-state index contributed by atoms with van der Waals surface area (Å²) in [6, 6.07) is 0.158. The van der Waals surface area contributed by atoms with E-state index in [0.29, 0.717) is 12.5 Å². The summed E-state index contributed by atoms with van der Waals surface area (Å²) in [5, 5.41) is 10.8. The molecule has 9 heteroatoms. The van der Waals surface area contributed by atoms with Crippen molar-refractivity contribution in [2.24, 2.45) is 12.0 Å². The van der Waals surface area contributed by atoms with Crippen molar-refractivity contribution in [3.05, 3.63) is 17.0 Å². The molecule has 1 aromatic heterocycles. The summed E-state index contributed by atoms with van der Waals surface area (Å²) in [7, 11) is 0.655. The van der Waals surface area contributed by atoms with Crippen LogP contribution in [0.1, 0.15) is 30.8 Å². The quantitative estimate of drug-likeness (QED) is 0.355. The highest BCUT2D eigenvalue weighted by Gasteiger charge is 2.14. The van der Waals surface area contributed by atoms with Gasteiger partial charge in [0.25, 0.3) is 0 Å². The molecule has 1 aromatic rings. The Morgan fingerprint density at radius 2 is 2.00 bits per heavy atom. The fourth-order valence-corrected chi connectivity index (χ4v) is 3.07. The van der Waals surface area contributed by atoms with Gasteiger partial charge in [0.05, 0.1) is 11.4 Å². The number of halogens is 1. The lowest BCUT2D eigenvalue weighted by Gasteiger charge is -2.18. The SMILES string of the molecule is CCS(=O)(=O)CCNC(=NC)NC(C)Cc1c(C)nn(C)c1C.I. The molecule has 1 heterocycles. The normalized spacial score (nSPS) is 13.3. The zero-order chi connectivity index (χ0) is 17.6. The summed E-state index contributed by atoms with van der Waals surface area (Å²) in [5.41, 5.74) is 3.43. The van der Waals surface area contributed by atoms with Gasteiger partial charge in [-0.2, -0.15) is 5.10 Å². The summed E-state index contributed by atoms with van der Waals surface area (Å²) in [6.07, 6.45) is 0.833. The number of nitrogens with one attached hydrogen (secondary N) is 2. The number of hydrogen-bond acceptors (Lipinski definition) is 4. The zero-order valence-corrected chi connectivity index (χ0v) is 18.5. The summed E-state index contributed by atoms with van der Waals surface area (Å²) in [4.78, 5) is 4.14. The minimum Gasteiger partial charge on any atom is -0.355 e. The molecule has 0 radical (unpaired) electrons. The van der Waals surface area contributed by atoms with Gasteiger partial charge in [-0.1, -0.05) is 6.92 Å². The largest absolute Gasteiger partial charge is 0.355 e. The molecule has 1 rings (SSSR count). The molecule has 0 aliphatic heterocycles. The topological polar surface area (TPSA) is 88.4 Å². The van der Waals surface area contributed by atoms with Crippen LogP contribution in [-0.4, -0.2) is 55.3 Å². The Bertz CT molecular complexity index is 655. The van der Waals surface area contributed by atoms with Crippen molar-refractivity contribution in [2.75, 3.05) is 25.1 Å². The third-order valence-electron chi connectivity index (χ3n) is 3.92. The molecule has 0 saturated heterocycles. The van der Waals surface area contributed by atoms with Crippen LogP contribution in [0, 0.1) is 13.8 Å². The van der Waals surface area contributed by atoms with Crippen LogP contribution in [0.15, 0.2) is 4.99 Å². The van der Waals surface area contributed by atoms with E-state index in [1.165, 1.54) is 5.56 Å². The van der Waals surface area contributed by atoms with Gasteiger partial charge in [-0.25, -0.2) is 8.42 Å². The van der Waals surface area contributed by atoms with E-state index in [2.05, 4.69) is 34.6 Å². The molecule has 0 amide bonds. The monoisotopic (exact) mass is 471 g/mol. The van der Waals surface area contributed by atoms with E-state index in [0.717, 1.165) is 17.8 Å². The molecular formula is C15H30IN5O2S. The number of guanidine groups is 1. The molecule has 2 N–H and O–H groups in total. The van der Waals surface area contributed by atoms with E-state index < -0.39 is 9.84 Å². The summed E-state index contributed by atoms with van der Waals surface area (Å²) in [6.45, 7) is 8.15. The van der Waals surface area contributed by atoms with Crippen LogP contribution >= 0.6 is 24.0 Å². The molecule has 24 heavy (non-hydrogen) atoms. The molecule has 0 bridgehead atoms. The first-order valence-electron chi connectivity index (χ1n) is 7.86. The van der Waals surface area contributed by atoms with Gasteiger partial charge in [0.15, 0.2) is 15.8 Å². The van der Waals surface area contributed by atoms with Gasteiger partial charge in [-0.05, 0) is 32.8 Å². The van der Waals surface area contributed by atoms with E-state index in [-0.39, 0.29) is 41.5 Å². The van der Waals surface area contributed by atoms with Gasteiger partial charge in [-0.15, -0.1) is 24.0 Å². The maximum atomic E-state index is 11.5. The Kier molecular flexibility index (Phi) is 9.86. The van der Waals surface area contributed by atoms with Crippen molar-refractivity contribution in [1.82, 2.24) is 20.4 Å². The number of aryl methyl sites for hydroxylation is 2. The van der Waals surface area contributed by atoms with Gasteiger partial charge in [0.2, 0.25) is 0 Å². The van der Waals surface area contributed by atoms with Crippen LogP contribution < -0.4 is 10.6 Å². The lowest BCUT2D eigenvalue weighted by atomic mass is 10.1. The number of aliphatic imine (C=N–C) groups is 1. The van der Waals surface area contributed by atoms with Crippen LogP contribution in [0.3, 0.4) is 0 Å². The molecule has 0 aliphatic rings. The summed E-state index contributed by atoms with van der Waals surface area (Å²) >= 11 is 0. The second-order valence-electron chi connectivity index (χ2n) is 5.76. The number of sulfone groups is 1. The van der Waals surface area contributed by atoms with Gasteiger partial charge in [0, 0.05) is 38.1 Å². The van der Waals surface area contributed by atoms with Crippen molar-refractivity contribution < 1.29 is 8.42 Å². The second kappa shape index (κ2) is 10.2. The minimum atomic E-state index is -2.97. The Morgan fingerprint density at radius 1 is 1.38 bits per heavy atom. The number of aromatic nitrogens is 2. The Morgan fingerprint density at radius 3 is 2.46 bits per heavy atom. The predicted octanol–water partition coefficient (Wildman–Crippen LogP) is 1.19. The number of rotatable bonds is 7. The van der Waals surface area contributed by atoms with Crippen molar-refractivity contribution in [2.45, 2.75) is 40.2 Å². The van der Waals surface area contributed by atoms with Crippen LogP contribution in [-0.2, 0) is 23.3 Å². The highest BCUT2D eigenvalue weighted by Crippen LogP contribution is 2.14. The first-order chi connectivity index (χ1) is 10.7. The number of nitrogens with zero attached hydrogens (tertiary/aromatic N) is 3. The third kappa shape index (κ3) is 6.96. The van der Waals surface area contributed by atoms with Crippen LogP contribution in [0.4, 0.5) is 0 Å². The van der Waals surface area contributed by atoms with Gasteiger partial charge >= 0.3 is 0 Å². The fraction of sp³-hybridized carbons (Fsp3) is 0.733. The molecule has 7 nitrogen and oxygen atoms in total. The van der Waals surface area contributed by atoms with Crippen LogP contribution in [0.2, 0.25) is 0 Å². The predicted molar refractivity (Wildman–Crippen MR) is 110 cm³/mol. The van der Waals surface area contributed by atoms with Crippen molar-refractivity contribution in [3.63, 3.8) is 0 Å². The van der Waals surface area contributed by atoms with E-state index in [1.54, 1.807) is 14.0 Å². The minimum absolute atomic E-state index is 0. The third-order valence-corrected chi connectivity index (χ3v) is 5.63. The second-order valence-corrected chi connectivity index (χ2v) is 8.23. The lowest BCUT2D eigenvalue weighted by Crippen LogP contribution is -2.44. The molecule has 0 spiro atoms. The molecule has 0 fully saturated rings. The Labute approximate surface area is 162 Å². The van der Waals surface area contributed by atoms with Gasteiger partial charge < -0.3 is 10.6 Å². The molecule has 1 atom stereocenters. The average Bonchev–Trinajstić information content (AvgIpc) is 2.72. The molecule has 0 aromatic carbocycles. The summed E-state index contributed by atoms with van der Waals surface area (Å²) in [5.74, 6) is 0.888. The van der Waals surface area contributed by atoms with E-state index in [9.17, 15) is 8.42 Å². The van der Waals surface area contributed by atoms with E-state index in [1.807, 2.05) is 18.7 Å². The lowest BCUT2D eigenvalue weighted by molar-refractivity contribution is 0.595. The smallest absolute Gasteiger partial charge is 0.191 e. The summed E-state index contributed by atoms with van der Waals surface area (Å²) < 4.78 is 24.9. The maximum absolute atomic E-state index is 11.5. The van der Waals surface area contributed by atoms with E-state index in [4.69, 9.17) is 0 Å². The standard InChI is InChI=1S/C15H29N5O2S.HI/c1-7-23(21,22)9-8-17-15(16-5)18-11(2)10-14-12(3)19-20(6)13(14)4;/h11H,7-10H2,1-6H3,(H2,16,17,18);1H. The van der Waals surface area contributed by atoms with Gasteiger partial charge in [0.1, 0.15) is 0 Å². The Balaban J connectivity index is 0.00000529. The fourth-order valence-electron chi connectivity index (χ4n) is 2.37. The maximum Gasteiger partial charge on any atom is 0.191 e. The molecule has 1 unspecified atom stereocenters. The first kappa shape index (κ1) is 23.2. The van der Waals surface area contributed by atoms with Crippen LogP contribution in [0.5, 0.6) is 0 Å². The van der Waals surface area contributed by atoms with Crippen molar-refractivity contribution in [3.8, 4) is 0 Å². The first-order valence-corrected chi connectivity index (χ1v) is 9.69. The Hall–Kier alpha value is -0.840. The highest BCUT2D eigenvalue weighted by atomic mass is 127.